The summed E-state index contributed by atoms with van der Waals surface area (Å²) in [6.45, 7) is 3.13. The van der Waals surface area contributed by atoms with Crippen LogP contribution < -0.4 is 0 Å². The Morgan fingerprint density at radius 1 is 1.23 bits per heavy atom. The summed E-state index contributed by atoms with van der Waals surface area (Å²) in [6, 6.07) is 0. The van der Waals surface area contributed by atoms with Crippen LogP contribution in [0.1, 0.15) is 18.4 Å². The Bertz CT molecular complexity index is 724. The standard InChI is InChI=1S/C16H15BrN2O3/c17-16-14(9-22-18-16)11-1-2-12-13(11)7-10(8-15(12)20)19-3-5-21-6-4-19/h1,8-9H,2-7H2. The van der Waals surface area contributed by atoms with Gasteiger partial charge in [-0.1, -0.05) is 11.2 Å². The number of rotatable bonds is 2. The molecule has 1 aromatic heterocycles. The summed E-state index contributed by atoms with van der Waals surface area (Å²) in [7, 11) is 0. The van der Waals surface area contributed by atoms with Crippen LogP contribution in [-0.2, 0) is 9.53 Å². The molecular formula is C16H15BrN2O3. The molecule has 1 fully saturated rings. The summed E-state index contributed by atoms with van der Waals surface area (Å²) in [4.78, 5) is 14.7. The molecule has 3 aliphatic rings. The third kappa shape index (κ3) is 2.27. The summed E-state index contributed by atoms with van der Waals surface area (Å²) in [5.74, 6) is 0.126. The highest BCUT2D eigenvalue weighted by atomic mass is 79.9. The molecular weight excluding hydrogens is 348 g/mol. The van der Waals surface area contributed by atoms with Gasteiger partial charge in [-0.05, 0) is 33.5 Å². The van der Waals surface area contributed by atoms with E-state index in [-0.39, 0.29) is 5.78 Å². The number of morpholine rings is 1. The third-order valence-corrected chi connectivity index (χ3v) is 4.96. The molecule has 5 nitrogen and oxygen atoms in total. The number of allylic oxidation sites excluding steroid dienone is 5. The van der Waals surface area contributed by atoms with Gasteiger partial charge in [0.2, 0.25) is 0 Å². The lowest BCUT2D eigenvalue weighted by Gasteiger charge is -2.33. The second-order valence-corrected chi connectivity index (χ2v) is 6.33. The largest absolute Gasteiger partial charge is 0.378 e. The Labute approximate surface area is 136 Å². The summed E-state index contributed by atoms with van der Waals surface area (Å²) in [6.07, 6.45) is 6.99. The van der Waals surface area contributed by atoms with Crippen molar-refractivity contribution in [1.29, 1.82) is 0 Å². The first kappa shape index (κ1) is 14.0. The molecule has 0 bridgehead atoms. The first-order valence-electron chi connectivity index (χ1n) is 7.34. The van der Waals surface area contributed by atoms with Crippen molar-refractivity contribution in [1.82, 2.24) is 10.1 Å². The number of hydrogen-bond donors (Lipinski definition) is 0. The van der Waals surface area contributed by atoms with E-state index in [1.165, 1.54) is 0 Å². The monoisotopic (exact) mass is 362 g/mol. The Kier molecular flexibility index (Phi) is 3.50. The van der Waals surface area contributed by atoms with Gasteiger partial charge in [0.25, 0.3) is 0 Å². The highest BCUT2D eigenvalue weighted by Crippen LogP contribution is 2.42. The van der Waals surface area contributed by atoms with Crippen molar-refractivity contribution in [2.75, 3.05) is 26.3 Å². The van der Waals surface area contributed by atoms with Gasteiger partial charge in [-0.25, -0.2) is 0 Å². The van der Waals surface area contributed by atoms with Gasteiger partial charge >= 0.3 is 0 Å². The first-order valence-corrected chi connectivity index (χ1v) is 8.14. The average molecular weight is 363 g/mol. The van der Waals surface area contributed by atoms with Crippen molar-refractivity contribution in [3.8, 4) is 0 Å². The lowest BCUT2D eigenvalue weighted by atomic mass is 9.90. The van der Waals surface area contributed by atoms with Crippen molar-refractivity contribution in [2.24, 2.45) is 0 Å². The topological polar surface area (TPSA) is 55.6 Å². The molecule has 0 radical (unpaired) electrons. The SMILES string of the molecule is O=C1C=C(N2CCOCC2)CC2=C1CC=C2c1conc1Br. The molecule has 1 aliphatic heterocycles. The van der Waals surface area contributed by atoms with E-state index in [4.69, 9.17) is 9.26 Å². The lowest BCUT2D eigenvalue weighted by Crippen LogP contribution is -2.36. The van der Waals surface area contributed by atoms with Crippen molar-refractivity contribution < 1.29 is 14.1 Å². The van der Waals surface area contributed by atoms with E-state index in [0.29, 0.717) is 11.0 Å². The maximum absolute atomic E-state index is 12.5. The number of ether oxygens (including phenoxy) is 1. The van der Waals surface area contributed by atoms with Crippen molar-refractivity contribution in [3.05, 3.63) is 45.4 Å². The molecule has 1 saturated heterocycles. The predicted octanol–water partition coefficient (Wildman–Crippen LogP) is 2.71. The van der Waals surface area contributed by atoms with Gasteiger partial charge in [0.1, 0.15) is 6.26 Å². The fourth-order valence-corrected chi connectivity index (χ4v) is 3.65. The Morgan fingerprint density at radius 3 is 2.77 bits per heavy atom. The molecule has 0 N–H and O–H groups in total. The molecule has 0 unspecified atom stereocenters. The van der Waals surface area contributed by atoms with Gasteiger partial charge in [0.05, 0.1) is 18.8 Å². The van der Waals surface area contributed by atoms with Crippen molar-refractivity contribution in [3.63, 3.8) is 0 Å². The molecule has 0 aromatic carbocycles. The maximum Gasteiger partial charge on any atom is 0.184 e. The van der Waals surface area contributed by atoms with Gasteiger partial charge in [0.15, 0.2) is 10.4 Å². The number of nitrogens with zero attached hydrogens (tertiary/aromatic N) is 2. The average Bonchev–Trinajstić information content (AvgIpc) is 3.14. The summed E-state index contributed by atoms with van der Waals surface area (Å²) in [5.41, 5.74) is 5.08. The van der Waals surface area contributed by atoms with E-state index in [9.17, 15) is 4.79 Å². The normalized spacial score (nSPS) is 21.9. The number of carbonyl (C=O) groups is 1. The molecule has 0 amide bonds. The van der Waals surface area contributed by atoms with Crippen LogP contribution in [0.3, 0.4) is 0 Å². The third-order valence-electron chi connectivity index (χ3n) is 4.39. The minimum Gasteiger partial charge on any atom is -0.378 e. The molecule has 22 heavy (non-hydrogen) atoms. The first-order chi connectivity index (χ1) is 10.7. The molecule has 0 saturated carbocycles. The highest BCUT2D eigenvalue weighted by molar-refractivity contribution is 9.10. The summed E-state index contributed by atoms with van der Waals surface area (Å²) >= 11 is 3.40. The van der Waals surface area contributed by atoms with Crippen LogP contribution in [0, 0.1) is 0 Å². The highest BCUT2D eigenvalue weighted by Gasteiger charge is 2.31. The number of aromatic nitrogens is 1. The Hall–Kier alpha value is -1.66. The van der Waals surface area contributed by atoms with Crippen LogP contribution in [0.4, 0.5) is 0 Å². The van der Waals surface area contributed by atoms with Crippen LogP contribution in [0.2, 0.25) is 0 Å². The van der Waals surface area contributed by atoms with Gasteiger partial charge in [-0.3, -0.25) is 4.79 Å². The molecule has 2 heterocycles. The lowest BCUT2D eigenvalue weighted by molar-refractivity contribution is -0.111. The number of ketones is 1. The maximum atomic E-state index is 12.5. The molecule has 0 spiro atoms. The molecule has 114 valence electrons. The van der Waals surface area contributed by atoms with Crippen molar-refractivity contribution in [2.45, 2.75) is 12.8 Å². The van der Waals surface area contributed by atoms with Crippen LogP contribution >= 0.6 is 15.9 Å². The minimum absolute atomic E-state index is 0.126. The fourth-order valence-electron chi connectivity index (χ4n) is 3.26. The van der Waals surface area contributed by atoms with Gasteiger partial charge < -0.3 is 14.2 Å². The van der Waals surface area contributed by atoms with Gasteiger partial charge in [-0.2, -0.15) is 0 Å². The fraction of sp³-hybridized carbons (Fsp3) is 0.375. The molecule has 0 atom stereocenters. The molecule has 1 aromatic rings. The zero-order valence-corrected chi connectivity index (χ0v) is 13.6. The molecule has 2 aliphatic carbocycles. The Morgan fingerprint density at radius 2 is 2.05 bits per heavy atom. The second-order valence-electron chi connectivity index (χ2n) is 5.57. The van der Waals surface area contributed by atoms with E-state index in [0.717, 1.165) is 60.7 Å². The quantitative estimate of drug-likeness (QED) is 0.809. The van der Waals surface area contributed by atoms with Crippen LogP contribution in [-0.4, -0.2) is 42.1 Å². The second kappa shape index (κ2) is 5.52. The van der Waals surface area contributed by atoms with E-state index in [1.807, 2.05) is 0 Å². The Balaban J connectivity index is 1.64. The van der Waals surface area contributed by atoms with Crippen LogP contribution in [0.15, 0.2) is 44.4 Å². The van der Waals surface area contributed by atoms with E-state index >= 15 is 0 Å². The summed E-state index contributed by atoms with van der Waals surface area (Å²) < 4.78 is 11.1. The smallest absolute Gasteiger partial charge is 0.184 e. The number of halogens is 1. The minimum atomic E-state index is 0.126. The van der Waals surface area contributed by atoms with E-state index in [2.05, 4.69) is 32.1 Å². The molecule has 6 heteroatoms. The van der Waals surface area contributed by atoms with Gasteiger partial charge in [0, 0.05) is 36.9 Å². The number of carbonyl (C=O) groups excluding carboxylic acids is 1. The van der Waals surface area contributed by atoms with Crippen molar-refractivity contribution >= 4 is 27.3 Å². The van der Waals surface area contributed by atoms with E-state index in [1.54, 1.807) is 12.3 Å². The zero-order valence-electron chi connectivity index (χ0n) is 12.0. The number of hydrogen-bond acceptors (Lipinski definition) is 5. The van der Waals surface area contributed by atoms with Crippen LogP contribution in [0.5, 0.6) is 0 Å². The summed E-state index contributed by atoms with van der Waals surface area (Å²) in [5, 5.41) is 3.88. The van der Waals surface area contributed by atoms with Crippen LogP contribution in [0.25, 0.3) is 5.57 Å². The zero-order chi connectivity index (χ0) is 15.1. The van der Waals surface area contributed by atoms with E-state index < -0.39 is 0 Å². The molecule has 4 rings (SSSR count). The van der Waals surface area contributed by atoms with Gasteiger partial charge in [-0.15, -0.1) is 0 Å². The predicted molar refractivity (Wildman–Crippen MR) is 83.9 cm³/mol.